The topological polar surface area (TPSA) is 38.8 Å². The summed E-state index contributed by atoms with van der Waals surface area (Å²) in [7, 11) is -3.12. The molecule has 0 saturated carbocycles. The van der Waals surface area contributed by atoms with Crippen LogP contribution in [0.2, 0.25) is 0 Å². The molecule has 1 aliphatic rings. The van der Waals surface area contributed by atoms with Crippen LogP contribution < -0.4 is 10.6 Å². The Balaban J connectivity index is 1.93. The molecule has 0 aliphatic carbocycles. The summed E-state index contributed by atoms with van der Waals surface area (Å²) in [6.45, 7) is 7.36. The summed E-state index contributed by atoms with van der Waals surface area (Å²) in [5.41, 5.74) is 0.972. The van der Waals surface area contributed by atoms with Crippen molar-refractivity contribution in [1.82, 2.24) is 0 Å². The predicted molar refractivity (Wildman–Crippen MR) is 98.8 cm³/mol. The molecule has 24 heavy (non-hydrogen) atoms. The van der Waals surface area contributed by atoms with Gasteiger partial charge < -0.3 is 9.26 Å². The molecule has 1 fully saturated rings. The van der Waals surface area contributed by atoms with Gasteiger partial charge in [-0.2, -0.15) is 0 Å². The third-order valence-corrected chi connectivity index (χ3v) is 7.15. The van der Waals surface area contributed by atoms with Gasteiger partial charge in [0.15, 0.2) is 0 Å². The normalized spacial score (nSPS) is 23.5. The van der Waals surface area contributed by atoms with Crippen LogP contribution in [0.3, 0.4) is 0 Å². The third-order valence-electron chi connectivity index (χ3n) is 4.70. The fourth-order valence-electron chi connectivity index (χ4n) is 2.59. The van der Waals surface area contributed by atoms with Crippen molar-refractivity contribution in [2.75, 3.05) is 13.2 Å². The van der Waals surface area contributed by atoms with E-state index >= 15 is 0 Å². The molecule has 0 radical (unpaired) electrons. The summed E-state index contributed by atoms with van der Waals surface area (Å²) in [4.78, 5) is 0. The quantitative estimate of drug-likeness (QED) is 0.557. The zero-order valence-corrected chi connectivity index (χ0v) is 15.5. The summed E-state index contributed by atoms with van der Waals surface area (Å²) in [5.74, 6) is 0.495. The highest BCUT2D eigenvalue weighted by Crippen LogP contribution is 2.46. The van der Waals surface area contributed by atoms with Gasteiger partial charge in [0.1, 0.15) is 5.60 Å². The fourth-order valence-corrected chi connectivity index (χ4v) is 4.75. The summed E-state index contributed by atoms with van der Waals surface area (Å²) in [5, 5.41) is 1.47. The van der Waals surface area contributed by atoms with Crippen molar-refractivity contribution in [3.05, 3.63) is 60.2 Å². The molecule has 2 aromatic carbocycles. The van der Waals surface area contributed by atoms with Gasteiger partial charge in [-0.3, -0.25) is 4.57 Å². The Labute approximate surface area is 144 Å². The van der Waals surface area contributed by atoms with Gasteiger partial charge in [0, 0.05) is 10.6 Å². The standard InChI is InChI=1S/C20H25O3P/c1-4-16(2)17-10-12-19(13-11-17)24(21,18-8-6-5-7-9-18)23-15-20(3)14-22-20/h5-13,16H,4,14-15H2,1-3H3. The molecule has 3 rings (SSSR count). The first-order valence-electron chi connectivity index (χ1n) is 8.51. The lowest BCUT2D eigenvalue weighted by Gasteiger charge is -2.21. The number of hydrogen-bond acceptors (Lipinski definition) is 3. The van der Waals surface area contributed by atoms with Crippen LogP contribution in [0.25, 0.3) is 0 Å². The van der Waals surface area contributed by atoms with Crippen molar-refractivity contribution < 1.29 is 13.8 Å². The average Bonchev–Trinajstić information content (AvgIpc) is 3.38. The van der Waals surface area contributed by atoms with Crippen LogP contribution in [0, 0.1) is 0 Å². The lowest BCUT2D eigenvalue weighted by atomic mass is 9.99. The largest absolute Gasteiger partial charge is 0.367 e. The monoisotopic (exact) mass is 344 g/mol. The summed E-state index contributed by atoms with van der Waals surface area (Å²) < 4.78 is 25.1. The van der Waals surface area contributed by atoms with Crippen molar-refractivity contribution in [1.29, 1.82) is 0 Å². The van der Waals surface area contributed by atoms with Gasteiger partial charge in [-0.1, -0.05) is 44.2 Å². The number of benzene rings is 2. The first-order chi connectivity index (χ1) is 11.5. The molecule has 0 bridgehead atoms. The Hall–Kier alpha value is -1.41. The third kappa shape index (κ3) is 3.64. The molecule has 0 amide bonds. The first kappa shape index (κ1) is 17.4. The minimum Gasteiger partial charge on any atom is -0.367 e. The van der Waals surface area contributed by atoms with Gasteiger partial charge in [0.25, 0.3) is 7.37 Å². The van der Waals surface area contributed by atoms with E-state index in [9.17, 15) is 4.57 Å². The van der Waals surface area contributed by atoms with Crippen LogP contribution in [0.5, 0.6) is 0 Å². The van der Waals surface area contributed by atoms with Crippen molar-refractivity contribution in [2.45, 2.75) is 38.7 Å². The maximum Gasteiger partial charge on any atom is 0.261 e. The molecule has 2 aromatic rings. The van der Waals surface area contributed by atoms with E-state index < -0.39 is 7.37 Å². The smallest absolute Gasteiger partial charge is 0.261 e. The number of epoxide rings is 1. The molecule has 3 unspecified atom stereocenters. The van der Waals surface area contributed by atoms with Gasteiger partial charge in [-0.15, -0.1) is 0 Å². The SMILES string of the molecule is CCC(C)c1ccc(P(=O)(OCC2(C)CO2)c2ccccc2)cc1. The molecule has 0 spiro atoms. The minimum absolute atomic E-state index is 0.291. The maximum atomic E-state index is 13.8. The van der Waals surface area contributed by atoms with Crippen LogP contribution in [0.15, 0.2) is 54.6 Å². The fraction of sp³-hybridized carbons (Fsp3) is 0.400. The van der Waals surface area contributed by atoms with Crippen molar-refractivity contribution in [3.8, 4) is 0 Å². The molecule has 1 heterocycles. The summed E-state index contributed by atoms with van der Waals surface area (Å²) >= 11 is 0. The molecule has 4 heteroatoms. The second kappa shape index (κ2) is 6.84. The Kier molecular flexibility index (Phi) is 4.96. The van der Waals surface area contributed by atoms with E-state index in [1.807, 2.05) is 49.4 Å². The molecule has 128 valence electrons. The highest BCUT2D eigenvalue weighted by molar-refractivity contribution is 7.74. The maximum absolute atomic E-state index is 13.8. The average molecular weight is 344 g/mol. The van der Waals surface area contributed by atoms with E-state index in [0.717, 1.165) is 17.0 Å². The molecule has 1 saturated heterocycles. The van der Waals surface area contributed by atoms with Gasteiger partial charge in [0.05, 0.1) is 13.2 Å². The second-order valence-electron chi connectivity index (χ2n) is 6.80. The van der Waals surface area contributed by atoms with Crippen LogP contribution in [0.4, 0.5) is 0 Å². The van der Waals surface area contributed by atoms with Crippen molar-refractivity contribution in [3.63, 3.8) is 0 Å². The Morgan fingerprint density at radius 2 is 1.71 bits per heavy atom. The van der Waals surface area contributed by atoms with E-state index in [-0.39, 0.29) is 5.60 Å². The molecule has 3 atom stereocenters. The Morgan fingerprint density at radius 3 is 2.25 bits per heavy atom. The molecular formula is C20H25O3P. The number of ether oxygens (including phenoxy) is 1. The summed E-state index contributed by atoms with van der Waals surface area (Å²) in [6, 6.07) is 17.5. The first-order valence-corrected chi connectivity index (χ1v) is 10.1. The highest BCUT2D eigenvalue weighted by Gasteiger charge is 2.42. The Morgan fingerprint density at radius 1 is 1.12 bits per heavy atom. The lowest BCUT2D eigenvalue weighted by molar-refractivity contribution is 0.209. The second-order valence-corrected chi connectivity index (χ2v) is 9.19. The van der Waals surface area contributed by atoms with Gasteiger partial charge in [-0.25, -0.2) is 0 Å². The van der Waals surface area contributed by atoms with E-state index in [1.165, 1.54) is 5.56 Å². The van der Waals surface area contributed by atoms with Crippen LogP contribution in [0.1, 0.15) is 38.7 Å². The summed E-state index contributed by atoms with van der Waals surface area (Å²) in [6.07, 6.45) is 1.09. The number of rotatable bonds is 7. The van der Waals surface area contributed by atoms with Crippen LogP contribution in [-0.4, -0.2) is 18.8 Å². The predicted octanol–water partition coefficient (Wildman–Crippen LogP) is 4.23. The van der Waals surface area contributed by atoms with E-state index in [4.69, 9.17) is 9.26 Å². The molecule has 0 N–H and O–H groups in total. The van der Waals surface area contributed by atoms with E-state index in [2.05, 4.69) is 26.0 Å². The molecule has 3 nitrogen and oxygen atoms in total. The molecular weight excluding hydrogens is 319 g/mol. The van der Waals surface area contributed by atoms with E-state index in [0.29, 0.717) is 19.1 Å². The van der Waals surface area contributed by atoms with Gasteiger partial charge in [0.2, 0.25) is 0 Å². The van der Waals surface area contributed by atoms with Gasteiger partial charge in [-0.05, 0) is 49.1 Å². The van der Waals surface area contributed by atoms with E-state index in [1.54, 1.807) is 0 Å². The highest BCUT2D eigenvalue weighted by atomic mass is 31.2. The zero-order chi connectivity index (χ0) is 17.2. The number of hydrogen-bond donors (Lipinski definition) is 0. The van der Waals surface area contributed by atoms with Crippen molar-refractivity contribution in [2.24, 2.45) is 0 Å². The van der Waals surface area contributed by atoms with Crippen LogP contribution in [-0.2, 0) is 13.8 Å². The molecule has 0 aromatic heterocycles. The van der Waals surface area contributed by atoms with Gasteiger partial charge >= 0.3 is 0 Å². The minimum atomic E-state index is -3.12. The van der Waals surface area contributed by atoms with Crippen LogP contribution >= 0.6 is 7.37 Å². The molecule has 1 aliphatic heterocycles. The lowest BCUT2D eigenvalue weighted by Crippen LogP contribution is -2.23. The zero-order valence-electron chi connectivity index (χ0n) is 14.6. The Bertz CT molecular complexity index is 720. The van der Waals surface area contributed by atoms with Crippen molar-refractivity contribution >= 4 is 18.0 Å².